The van der Waals surface area contributed by atoms with Crippen LogP contribution >= 0.6 is 0 Å². The third-order valence-corrected chi connectivity index (χ3v) is 17.9. The van der Waals surface area contributed by atoms with Gasteiger partial charge >= 0.3 is 5.97 Å². The molecule has 496 valence electrons. The van der Waals surface area contributed by atoms with Gasteiger partial charge < -0.3 is 20.3 Å². The molecule has 0 heterocycles. The van der Waals surface area contributed by atoms with Crippen molar-refractivity contribution in [3.8, 4) is 0 Å². The van der Waals surface area contributed by atoms with Crippen molar-refractivity contribution in [1.82, 2.24) is 5.32 Å². The Kier molecular flexibility index (Phi) is 71.9. The Morgan fingerprint density at radius 1 is 0.333 bits per heavy atom. The molecule has 0 fully saturated rings. The fraction of sp³-hybridized carbons (Fsp3) is 0.897. The number of esters is 1. The Hall–Kier alpha value is -1.92. The van der Waals surface area contributed by atoms with E-state index in [0.717, 1.165) is 44.9 Å². The van der Waals surface area contributed by atoms with Crippen LogP contribution in [-0.2, 0) is 14.3 Å². The van der Waals surface area contributed by atoms with Crippen LogP contribution in [0.2, 0.25) is 0 Å². The van der Waals surface area contributed by atoms with Crippen LogP contribution in [0, 0.1) is 0 Å². The van der Waals surface area contributed by atoms with E-state index in [2.05, 4.69) is 43.5 Å². The smallest absolute Gasteiger partial charge is 0.305 e. The highest BCUT2D eigenvalue weighted by Crippen LogP contribution is 2.19. The first kappa shape index (κ1) is 82.1. The molecule has 0 saturated heterocycles. The van der Waals surface area contributed by atoms with Crippen LogP contribution in [0.25, 0.3) is 0 Å². The Morgan fingerprint density at radius 2 is 0.595 bits per heavy atom. The molecule has 0 saturated carbocycles. The Balaban J connectivity index is 3.35. The molecule has 1 amide bonds. The van der Waals surface area contributed by atoms with Gasteiger partial charge in [0.1, 0.15) is 0 Å². The van der Waals surface area contributed by atoms with E-state index < -0.39 is 12.1 Å². The highest BCUT2D eigenvalue weighted by atomic mass is 16.5. The summed E-state index contributed by atoms with van der Waals surface area (Å²) in [7, 11) is 0. The molecule has 84 heavy (non-hydrogen) atoms. The molecule has 0 aromatic carbocycles. The number of allylic oxidation sites excluding steroid dienone is 5. The van der Waals surface area contributed by atoms with E-state index in [-0.39, 0.29) is 18.5 Å². The van der Waals surface area contributed by atoms with Crippen molar-refractivity contribution in [2.75, 3.05) is 13.2 Å². The van der Waals surface area contributed by atoms with Gasteiger partial charge in [-0.1, -0.05) is 384 Å². The van der Waals surface area contributed by atoms with E-state index in [1.54, 1.807) is 6.08 Å². The van der Waals surface area contributed by atoms with E-state index >= 15 is 0 Å². The third-order valence-electron chi connectivity index (χ3n) is 17.9. The third kappa shape index (κ3) is 69.2. The lowest BCUT2D eigenvalue weighted by atomic mass is 10.0. The van der Waals surface area contributed by atoms with Gasteiger partial charge in [0.05, 0.1) is 25.4 Å². The molecule has 0 aliphatic rings. The summed E-state index contributed by atoms with van der Waals surface area (Å²) in [4.78, 5) is 24.6. The first-order chi connectivity index (χ1) is 41.5. The fourth-order valence-corrected chi connectivity index (χ4v) is 12.1. The van der Waals surface area contributed by atoms with Crippen LogP contribution in [0.5, 0.6) is 0 Å². The second-order valence-electron chi connectivity index (χ2n) is 26.3. The highest BCUT2D eigenvalue weighted by molar-refractivity contribution is 5.76. The number of hydrogen-bond acceptors (Lipinski definition) is 5. The predicted molar refractivity (Wildman–Crippen MR) is 370 cm³/mol. The van der Waals surface area contributed by atoms with E-state index in [1.807, 2.05) is 6.08 Å². The maximum Gasteiger partial charge on any atom is 0.305 e. The van der Waals surface area contributed by atoms with Crippen molar-refractivity contribution in [3.05, 3.63) is 36.5 Å². The van der Waals surface area contributed by atoms with Crippen molar-refractivity contribution < 1.29 is 24.5 Å². The Labute approximate surface area is 525 Å². The molecule has 6 heteroatoms. The zero-order valence-corrected chi connectivity index (χ0v) is 56.9. The quantitative estimate of drug-likeness (QED) is 0.0320. The summed E-state index contributed by atoms with van der Waals surface area (Å²) in [6.07, 6.45) is 95.5. The molecule has 2 unspecified atom stereocenters. The van der Waals surface area contributed by atoms with Gasteiger partial charge in [0.15, 0.2) is 0 Å². The zero-order valence-electron chi connectivity index (χ0n) is 56.9. The lowest BCUT2D eigenvalue weighted by Gasteiger charge is -2.20. The molecule has 0 aromatic rings. The molecule has 6 nitrogen and oxygen atoms in total. The molecule has 0 rings (SSSR count). The first-order valence-corrected chi connectivity index (χ1v) is 38.3. The van der Waals surface area contributed by atoms with Gasteiger partial charge in [-0.15, -0.1) is 0 Å². The van der Waals surface area contributed by atoms with Crippen LogP contribution < -0.4 is 5.32 Å². The van der Waals surface area contributed by atoms with Gasteiger partial charge in [-0.2, -0.15) is 0 Å². The van der Waals surface area contributed by atoms with E-state index in [4.69, 9.17) is 4.74 Å². The van der Waals surface area contributed by atoms with Gasteiger partial charge in [0, 0.05) is 12.8 Å². The SMILES string of the molecule is CCCCCCCCCCCCCC/C=C/C(O)C(CO)NC(=O)CCCCCCCCCCCCCCCCCCC/C=C\C/C=C\CCCCCCCCCCCCCCCCCOC(=O)CCCCCCCCCCCCCCCC. The van der Waals surface area contributed by atoms with Gasteiger partial charge in [-0.3, -0.25) is 9.59 Å². The van der Waals surface area contributed by atoms with Gasteiger partial charge in [0.2, 0.25) is 5.91 Å². The molecule has 0 bridgehead atoms. The molecular formula is C78H149NO5. The Bertz CT molecular complexity index is 1360. The minimum absolute atomic E-state index is 0.0229. The molecule has 0 aliphatic heterocycles. The van der Waals surface area contributed by atoms with Crippen LogP contribution in [-0.4, -0.2) is 47.4 Å². The van der Waals surface area contributed by atoms with Crippen molar-refractivity contribution in [2.45, 2.75) is 437 Å². The number of unbranched alkanes of at least 4 members (excludes halogenated alkanes) is 57. The molecule has 0 aromatic heterocycles. The number of amides is 1. The second kappa shape index (κ2) is 73.5. The number of ether oxygens (including phenoxy) is 1. The average Bonchev–Trinajstić information content (AvgIpc) is 3.52. The standard InChI is InChI=1S/C78H149NO5/c1-3-5-7-9-11-13-15-17-46-50-54-58-62-66-70-76(81)75(74-80)79-77(82)71-67-63-59-55-51-47-44-42-40-38-36-34-32-30-28-26-24-22-20-19-21-23-25-27-29-31-33-35-37-39-41-43-45-49-53-57-61-65-69-73-84-78(83)72-68-64-60-56-52-48-18-16-14-12-10-8-6-4-2/h19-20,23,25,66,70,75-76,80-81H,3-18,21-22,24,26-65,67-69,71-74H2,1-2H3,(H,79,82)/b20-19-,25-23-,70-66+. The number of carbonyl (C=O) groups is 2. The van der Waals surface area contributed by atoms with Crippen LogP contribution in [0.3, 0.4) is 0 Å². The largest absolute Gasteiger partial charge is 0.466 e. The summed E-state index contributed by atoms with van der Waals surface area (Å²) in [5.74, 6) is -0.0399. The number of aliphatic hydroxyl groups is 2. The fourth-order valence-electron chi connectivity index (χ4n) is 12.1. The molecule has 0 spiro atoms. The van der Waals surface area contributed by atoms with Crippen molar-refractivity contribution >= 4 is 11.9 Å². The lowest BCUT2D eigenvalue weighted by Crippen LogP contribution is -2.45. The summed E-state index contributed by atoms with van der Waals surface area (Å²) in [6.45, 7) is 4.94. The van der Waals surface area contributed by atoms with Crippen molar-refractivity contribution in [2.24, 2.45) is 0 Å². The molecule has 0 aliphatic carbocycles. The number of nitrogens with one attached hydrogen (secondary N) is 1. The van der Waals surface area contributed by atoms with Gasteiger partial charge in [-0.05, 0) is 64.2 Å². The summed E-state index contributed by atoms with van der Waals surface area (Å²) in [5.41, 5.74) is 0. The Morgan fingerprint density at radius 3 is 0.905 bits per heavy atom. The van der Waals surface area contributed by atoms with Crippen molar-refractivity contribution in [3.63, 3.8) is 0 Å². The van der Waals surface area contributed by atoms with E-state index in [1.165, 1.54) is 353 Å². The maximum absolute atomic E-state index is 12.5. The average molecular weight is 1180 g/mol. The summed E-state index contributed by atoms with van der Waals surface area (Å²) in [6, 6.07) is -0.625. The monoisotopic (exact) mass is 1180 g/mol. The maximum atomic E-state index is 12.5. The second-order valence-corrected chi connectivity index (χ2v) is 26.3. The first-order valence-electron chi connectivity index (χ1n) is 38.3. The summed E-state index contributed by atoms with van der Waals surface area (Å²) in [5, 5.41) is 23.2. The number of aliphatic hydroxyl groups excluding tert-OH is 2. The van der Waals surface area contributed by atoms with Crippen LogP contribution in [0.15, 0.2) is 36.5 Å². The topological polar surface area (TPSA) is 95.9 Å². The summed E-state index contributed by atoms with van der Waals surface area (Å²) >= 11 is 0. The van der Waals surface area contributed by atoms with Crippen LogP contribution in [0.4, 0.5) is 0 Å². The normalized spacial score (nSPS) is 12.7. The number of carbonyl (C=O) groups excluding carboxylic acids is 2. The van der Waals surface area contributed by atoms with Crippen molar-refractivity contribution in [1.29, 1.82) is 0 Å². The molecular weight excluding hydrogens is 1030 g/mol. The summed E-state index contributed by atoms with van der Waals surface area (Å²) < 4.78 is 5.50. The van der Waals surface area contributed by atoms with Gasteiger partial charge in [-0.25, -0.2) is 0 Å². The predicted octanol–water partition coefficient (Wildman–Crippen LogP) is 25.0. The molecule has 2 atom stereocenters. The van der Waals surface area contributed by atoms with E-state index in [9.17, 15) is 19.8 Å². The number of rotatable bonds is 72. The van der Waals surface area contributed by atoms with Crippen LogP contribution in [0.1, 0.15) is 425 Å². The number of hydrogen-bond donors (Lipinski definition) is 3. The van der Waals surface area contributed by atoms with Gasteiger partial charge in [0.25, 0.3) is 0 Å². The molecule has 0 radical (unpaired) electrons. The van der Waals surface area contributed by atoms with E-state index in [0.29, 0.717) is 19.4 Å². The minimum Gasteiger partial charge on any atom is -0.466 e. The minimum atomic E-state index is -0.842. The highest BCUT2D eigenvalue weighted by Gasteiger charge is 2.18. The molecule has 3 N–H and O–H groups in total. The zero-order chi connectivity index (χ0) is 60.6. The lowest BCUT2D eigenvalue weighted by molar-refractivity contribution is -0.143.